The Morgan fingerprint density at radius 3 is 3.06 bits per heavy atom. The van der Waals surface area contributed by atoms with Crippen LogP contribution in [0.15, 0.2) is 24.3 Å². The third kappa shape index (κ3) is 2.97. The SMILES string of the molecule is NCCCc1cccc(N2CCCNC2=O)c1. The maximum Gasteiger partial charge on any atom is 0.321 e. The van der Waals surface area contributed by atoms with Crippen LogP contribution in [0.5, 0.6) is 0 Å². The van der Waals surface area contributed by atoms with E-state index in [4.69, 9.17) is 5.73 Å². The average molecular weight is 233 g/mol. The number of amides is 2. The molecule has 0 aromatic heterocycles. The first-order valence-electron chi connectivity index (χ1n) is 6.15. The minimum atomic E-state index is 0.00669. The van der Waals surface area contributed by atoms with Crippen LogP contribution < -0.4 is 16.0 Å². The summed E-state index contributed by atoms with van der Waals surface area (Å²) in [6.07, 6.45) is 2.95. The van der Waals surface area contributed by atoms with Crippen molar-refractivity contribution in [1.29, 1.82) is 0 Å². The van der Waals surface area contributed by atoms with Gasteiger partial charge in [0.1, 0.15) is 0 Å². The summed E-state index contributed by atoms with van der Waals surface area (Å²) in [6.45, 7) is 2.28. The lowest BCUT2D eigenvalue weighted by Crippen LogP contribution is -2.46. The van der Waals surface area contributed by atoms with E-state index in [-0.39, 0.29) is 6.03 Å². The third-order valence-corrected chi connectivity index (χ3v) is 2.97. The molecule has 2 amide bonds. The summed E-state index contributed by atoms with van der Waals surface area (Å²) in [5.41, 5.74) is 7.73. The van der Waals surface area contributed by atoms with Gasteiger partial charge in [-0.2, -0.15) is 0 Å². The van der Waals surface area contributed by atoms with Crippen LogP contribution in [0, 0.1) is 0 Å². The molecule has 1 heterocycles. The summed E-state index contributed by atoms with van der Waals surface area (Å²) in [5, 5.41) is 2.86. The first-order chi connectivity index (χ1) is 8.31. The minimum Gasteiger partial charge on any atom is -0.338 e. The maximum atomic E-state index is 11.7. The van der Waals surface area contributed by atoms with Crippen LogP contribution in [-0.2, 0) is 6.42 Å². The van der Waals surface area contributed by atoms with Gasteiger partial charge in [0.25, 0.3) is 0 Å². The van der Waals surface area contributed by atoms with Crippen molar-refractivity contribution in [2.45, 2.75) is 19.3 Å². The predicted molar refractivity (Wildman–Crippen MR) is 69.2 cm³/mol. The Balaban J connectivity index is 2.11. The normalized spacial score (nSPS) is 15.8. The molecule has 1 aliphatic rings. The second kappa shape index (κ2) is 5.68. The van der Waals surface area contributed by atoms with E-state index in [1.165, 1.54) is 5.56 Å². The zero-order valence-corrected chi connectivity index (χ0v) is 9.98. The molecule has 0 atom stereocenters. The molecule has 4 heteroatoms. The van der Waals surface area contributed by atoms with Gasteiger partial charge in [-0.3, -0.25) is 4.90 Å². The molecule has 0 saturated carbocycles. The van der Waals surface area contributed by atoms with Gasteiger partial charge in [-0.05, 0) is 43.5 Å². The lowest BCUT2D eigenvalue weighted by Gasteiger charge is -2.27. The quantitative estimate of drug-likeness (QED) is 0.828. The van der Waals surface area contributed by atoms with Gasteiger partial charge in [-0.15, -0.1) is 0 Å². The Morgan fingerprint density at radius 2 is 2.29 bits per heavy atom. The number of nitrogens with one attached hydrogen (secondary N) is 1. The second-order valence-corrected chi connectivity index (χ2v) is 4.30. The van der Waals surface area contributed by atoms with Crippen molar-refractivity contribution >= 4 is 11.7 Å². The Bertz CT molecular complexity index is 392. The van der Waals surface area contributed by atoms with Crippen LogP contribution >= 0.6 is 0 Å². The molecule has 17 heavy (non-hydrogen) atoms. The highest BCUT2D eigenvalue weighted by Gasteiger charge is 2.18. The Labute approximate surface area is 102 Å². The van der Waals surface area contributed by atoms with Gasteiger partial charge in [0.15, 0.2) is 0 Å². The first kappa shape index (κ1) is 11.9. The first-order valence-corrected chi connectivity index (χ1v) is 6.15. The highest BCUT2D eigenvalue weighted by Crippen LogP contribution is 2.19. The van der Waals surface area contributed by atoms with Crippen molar-refractivity contribution < 1.29 is 4.79 Å². The molecule has 1 aromatic rings. The number of carbonyl (C=O) groups excluding carboxylic acids is 1. The molecule has 4 nitrogen and oxygen atoms in total. The molecule has 0 spiro atoms. The zero-order valence-electron chi connectivity index (χ0n) is 9.98. The topological polar surface area (TPSA) is 58.4 Å². The summed E-state index contributed by atoms with van der Waals surface area (Å²) < 4.78 is 0. The van der Waals surface area contributed by atoms with Crippen LogP contribution in [0.25, 0.3) is 0 Å². The van der Waals surface area contributed by atoms with E-state index in [0.717, 1.165) is 38.0 Å². The largest absolute Gasteiger partial charge is 0.338 e. The molecule has 1 saturated heterocycles. The number of hydrogen-bond acceptors (Lipinski definition) is 2. The van der Waals surface area contributed by atoms with Crippen molar-refractivity contribution in [2.24, 2.45) is 5.73 Å². The molecular formula is C13H19N3O. The van der Waals surface area contributed by atoms with Gasteiger partial charge in [-0.25, -0.2) is 4.79 Å². The third-order valence-electron chi connectivity index (χ3n) is 2.97. The average Bonchev–Trinajstić information content (AvgIpc) is 2.37. The molecule has 2 rings (SSSR count). The number of carbonyl (C=O) groups is 1. The number of urea groups is 1. The van der Waals surface area contributed by atoms with E-state index in [1.807, 2.05) is 12.1 Å². The van der Waals surface area contributed by atoms with Crippen molar-refractivity contribution in [3.63, 3.8) is 0 Å². The molecule has 0 aliphatic carbocycles. The van der Waals surface area contributed by atoms with Crippen LogP contribution in [0.3, 0.4) is 0 Å². The summed E-state index contributed by atoms with van der Waals surface area (Å²) in [6, 6.07) is 8.16. The van der Waals surface area contributed by atoms with E-state index < -0.39 is 0 Å². The van der Waals surface area contributed by atoms with Crippen LogP contribution in [0.4, 0.5) is 10.5 Å². The van der Waals surface area contributed by atoms with Crippen molar-refractivity contribution in [2.75, 3.05) is 24.5 Å². The van der Waals surface area contributed by atoms with E-state index in [9.17, 15) is 4.79 Å². The summed E-state index contributed by atoms with van der Waals surface area (Å²) in [4.78, 5) is 13.5. The highest BCUT2D eigenvalue weighted by atomic mass is 16.2. The van der Waals surface area contributed by atoms with E-state index in [0.29, 0.717) is 6.54 Å². The molecule has 1 fully saturated rings. The van der Waals surface area contributed by atoms with Crippen LogP contribution in [-0.4, -0.2) is 25.7 Å². The molecule has 0 unspecified atom stereocenters. The van der Waals surface area contributed by atoms with Gasteiger partial charge in [0.2, 0.25) is 0 Å². The lowest BCUT2D eigenvalue weighted by atomic mass is 10.1. The minimum absolute atomic E-state index is 0.00669. The van der Waals surface area contributed by atoms with Gasteiger partial charge >= 0.3 is 6.03 Å². The number of nitrogens with zero attached hydrogens (tertiary/aromatic N) is 1. The molecule has 3 N–H and O–H groups in total. The lowest BCUT2D eigenvalue weighted by molar-refractivity contribution is 0.243. The summed E-state index contributed by atoms with van der Waals surface area (Å²) >= 11 is 0. The fraction of sp³-hybridized carbons (Fsp3) is 0.462. The number of hydrogen-bond donors (Lipinski definition) is 2. The van der Waals surface area contributed by atoms with Gasteiger partial charge in [0.05, 0.1) is 0 Å². The highest BCUT2D eigenvalue weighted by molar-refractivity contribution is 5.92. The number of benzene rings is 1. The van der Waals surface area contributed by atoms with Gasteiger partial charge in [-0.1, -0.05) is 12.1 Å². The van der Waals surface area contributed by atoms with Gasteiger partial charge in [0, 0.05) is 18.8 Å². The summed E-state index contributed by atoms with van der Waals surface area (Å²) in [5.74, 6) is 0. The summed E-state index contributed by atoms with van der Waals surface area (Å²) in [7, 11) is 0. The van der Waals surface area contributed by atoms with Gasteiger partial charge < -0.3 is 11.1 Å². The molecule has 0 radical (unpaired) electrons. The standard InChI is InChI=1S/C13H19N3O/c14-7-2-5-11-4-1-6-12(10-11)16-9-3-8-15-13(16)17/h1,4,6,10H,2-3,5,7-9,14H2,(H,15,17). The number of anilines is 1. The number of aryl methyl sites for hydroxylation is 1. The monoisotopic (exact) mass is 233 g/mol. The Hall–Kier alpha value is -1.55. The number of rotatable bonds is 4. The fourth-order valence-corrected chi connectivity index (χ4v) is 2.06. The zero-order chi connectivity index (χ0) is 12.1. The van der Waals surface area contributed by atoms with E-state index in [2.05, 4.69) is 17.4 Å². The smallest absolute Gasteiger partial charge is 0.321 e. The van der Waals surface area contributed by atoms with E-state index >= 15 is 0 Å². The Kier molecular flexibility index (Phi) is 3.98. The van der Waals surface area contributed by atoms with E-state index in [1.54, 1.807) is 4.90 Å². The predicted octanol–water partition coefficient (Wildman–Crippen LogP) is 1.50. The molecule has 92 valence electrons. The maximum absolute atomic E-state index is 11.7. The molecule has 1 aromatic carbocycles. The van der Waals surface area contributed by atoms with Crippen LogP contribution in [0.2, 0.25) is 0 Å². The van der Waals surface area contributed by atoms with Crippen molar-refractivity contribution in [3.8, 4) is 0 Å². The molecule has 0 bridgehead atoms. The fourth-order valence-electron chi connectivity index (χ4n) is 2.06. The molecule has 1 aliphatic heterocycles. The van der Waals surface area contributed by atoms with Crippen LogP contribution in [0.1, 0.15) is 18.4 Å². The number of nitrogens with two attached hydrogens (primary N) is 1. The van der Waals surface area contributed by atoms with Crippen molar-refractivity contribution in [1.82, 2.24) is 5.32 Å². The molecular weight excluding hydrogens is 214 g/mol. The Morgan fingerprint density at radius 1 is 1.41 bits per heavy atom. The van der Waals surface area contributed by atoms with Crippen molar-refractivity contribution in [3.05, 3.63) is 29.8 Å². The second-order valence-electron chi connectivity index (χ2n) is 4.30.